The van der Waals surface area contributed by atoms with Crippen molar-refractivity contribution >= 4 is 17.4 Å². The molecule has 7 heteroatoms. The second-order valence-corrected chi connectivity index (χ2v) is 5.96. The molecule has 0 saturated heterocycles. The van der Waals surface area contributed by atoms with Crippen molar-refractivity contribution in [2.45, 2.75) is 13.5 Å². The smallest absolute Gasteiger partial charge is 0.270 e. The Morgan fingerprint density at radius 2 is 1.89 bits per heavy atom. The quantitative estimate of drug-likeness (QED) is 0.687. The molecule has 0 spiro atoms. The number of aromatic nitrogens is 2. The highest BCUT2D eigenvalue weighted by molar-refractivity contribution is 5.93. The van der Waals surface area contributed by atoms with E-state index in [1.165, 1.54) is 0 Å². The van der Waals surface area contributed by atoms with Crippen LogP contribution in [0.3, 0.4) is 0 Å². The summed E-state index contributed by atoms with van der Waals surface area (Å²) in [6.45, 7) is 2.02. The van der Waals surface area contributed by atoms with Crippen molar-refractivity contribution in [1.82, 2.24) is 15.3 Å². The molecule has 28 heavy (non-hydrogen) atoms. The average Bonchev–Trinajstić information content (AvgIpc) is 2.72. The van der Waals surface area contributed by atoms with Gasteiger partial charge in [-0.1, -0.05) is 30.3 Å². The standard InChI is InChI=1S/C21H19N5O2/c1-14-24-18(21(27)23-13-16-8-4-6-10-19(16)28-2)11-20(25-14)26-17-9-5-3-7-15(17)12-22/h3-11H,13H2,1-2H3,(H,23,27)(H,24,25,26). The molecule has 3 rings (SSSR count). The Labute approximate surface area is 163 Å². The monoisotopic (exact) mass is 373 g/mol. The minimum absolute atomic E-state index is 0.235. The maximum atomic E-state index is 12.6. The van der Waals surface area contributed by atoms with Gasteiger partial charge in [-0.15, -0.1) is 0 Å². The van der Waals surface area contributed by atoms with Gasteiger partial charge in [-0.25, -0.2) is 9.97 Å². The Balaban J connectivity index is 1.77. The van der Waals surface area contributed by atoms with E-state index in [1.807, 2.05) is 30.3 Å². The summed E-state index contributed by atoms with van der Waals surface area (Å²) in [7, 11) is 1.59. The van der Waals surface area contributed by atoms with Gasteiger partial charge in [-0.05, 0) is 25.1 Å². The minimum Gasteiger partial charge on any atom is -0.496 e. The Bertz CT molecular complexity index is 1040. The first kappa shape index (κ1) is 18.9. The lowest BCUT2D eigenvalue weighted by Gasteiger charge is -2.11. The Kier molecular flexibility index (Phi) is 5.82. The number of aryl methyl sites for hydroxylation is 1. The van der Waals surface area contributed by atoms with Crippen LogP contribution in [0.15, 0.2) is 54.6 Å². The lowest BCUT2D eigenvalue weighted by atomic mass is 10.2. The summed E-state index contributed by atoms with van der Waals surface area (Å²) in [4.78, 5) is 21.1. The summed E-state index contributed by atoms with van der Waals surface area (Å²) in [6, 6.07) is 18.2. The number of para-hydroxylation sites is 2. The van der Waals surface area contributed by atoms with Gasteiger partial charge in [0.15, 0.2) is 0 Å². The van der Waals surface area contributed by atoms with Gasteiger partial charge in [0, 0.05) is 18.2 Å². The van der Waals surface area contributed by atoms with E-state index in [4.69, 9.17) is 4.74 Å². The number of nitrogens with one attached hydrogen (secondary N) is 2. The van der Waals surface area contributed by atoms with Crippen molar-refractivity contribution in [3.63, 3.8) is 0 Å². The molecule has 3 aromatic rings. The first-order valence-electron chi connectivity index (χ1n) is 8.62. The molecular weight excluding hydrogens is 354 g/mol. The number of hydrogen-bond donors (Lipinski definition) is 2. The third kappa shape index (κ3) is 4.43. The van der Waals surface area contributed by atoms with Crippen molar-refractivity contribution < 1.29 is 9.53 Å². The molecule has 0 bridgehead atoms. The molecule has 0 aliphatic carbocycles. The Hall–Kier alpha value is -3.92. The van der Waals surface area contributed by atoms with E-state index in [-0.39, 0.29) is 11.6 Å². The molecule has 2 aromatic carbocycles. The highest BCUT2D eigenvalue weighted by Gasteiger charge is 2.12. The number of carbonyl (C=O) groups is 1. The Morgan fingerprint density at radius 1 is 1.14 bits per heavy atom. The third-order valence-corrected chi connectivity index (χ3v) is 4.01. The summed E-state index contributed by atoms with van der Waals surface area (Å²) in [6.07, 6.45) is 0. The fourth-order valence-electron chi connectivity index (χ4n) is 2.69. The van der Waals surface area contributed by atoms with Crippen LogP contribution in [0.4, 0.5) is 11.5 Å². The summed E-state index contributed by atoms with van der Waals surface area (Å²) in [5.41, 5.74) is 2.20. The number of carbonyl (C=O) groups excluding carboxylic acids is 1. The number of ether oxygens (including phenoxy) is 1. The number of benzene rings is 2. The summed E-state index contributed by atoms with van der Waals surface area (Å²) in [5.74, 6) is 1.27. The zero-order valence-electron chi connectivity index (χ0n) is 15.6. The van der Waals surface area contributed by atoms with E-state index in [0.29, 0.717) is 35.2 Å². The molecule has 7 nitrogen and oxygen atoms in total. The topological polar surface area (TPSA) is 99.9 Å². The SMILES string of the molecule is COc1ccccc1CNC(=O)c1cc(Nc2ccccc2C#N)nc(C)n1. The molecule has 0 aliphatic rings. The van der Waals surface area contributed by atoms with E-state index in [0.717, 1.165) is 5.56 Å². The zero-order chi connectivity index (χ0) is 19.9. The van der Waals surface area contributed by atoms with Crippen molar-refractivity contribution in [2.75, 3.05) is 12.4 Å². The van der Waals surface area contributed by atoms with Crippen LogP contribution in [0, 0.1) is 18.3 Å². The summed E-state index contributed by atoms with van der Waals surface area (Å²) < 4.78 is 5.30. The van der Waals surface area contributed by atoms with Crippen LogP contribution in [0.25, 0.3) is 0 Å². The fraction of sp³-hybridized carbons (Fsp3) is 0.143. The second-order valence-electron chi connectivity index (χ2n) is 5.96. The van der Waals surface area contributed by atoms with Gasteiger partial charge in [-0.2, -0.15) is 5.26 Å². The Morgan fingerprint density at radius 3 is 2.68 bits per heavy atom. The normalized spacial score (nSPS) is 10.0. The number of amides is 1. The highest BCUT2D eigenvalue weighted by Crippen LogP contribution is 2.20. The molecule has 1 amide bonds. The van der Waals surface area contributed by atoms with Crippen LogP contribution in [0.5, 0.6) is 5.75 Å². The minimum atomic E-state index is -0.326. The molecule has 0 atom stereocenters. The van der Waals surface area contributed by atoms with Gasteiger partial charge in [0.1, 0.15) is 29.2 Å². The predicted octanol–water partition coefficient (Wildman–Crippen LogP) is 3.34. The van der Waals surface area contributed by atoms with Crippen molar-refractivity contribution in [2.24, 2.45) is 0 Å². The molecule has 0 radical (unpaired) electrons. The van der Waals surface area contributed by atoms with Crippen LogP contribution >= 0.6 is 0 Å². The molecule has 1 heterocycles. The van der Waals surface area contributed by atoms with Crippen LogP contribution in [-0.4, -0.2) is 23.0 Å². The van der Waals surface area contributed by atoms with Gasteiger partial charge < -0.3 is 15.4 Å². The molecular formula is C21H19N5O2. The van der Waals surface area contributed by atoms with E-state index >= 15 is 0 Å². The van der Waals surface area contributed by atoms with Gasteiger partial charge in [0.25, 0.3) is 5.91 Å². The second kappa shape index (κ2) is 8.64. The molecule has 0 fully saturated rings. The first-order valence-corrected chi connectivity index (χ1v) is 8.62. The van der Waals surface area contributed by atoms with Gasteiger partial charge >= 0.3 is 0 Å². The van der Waals surface area contributed by atoms with Gasteiger partial charge in [-0.3, -0.25) is 4.79 Å². The molecule has 0 saturated carbocycles. The van der Waals surface area contributed by atoms with Crippen LogP contribution < -0.4 is 15.4 Å². The average molecular weight is 373 g/mol. The fourth-order valence-corrected chi connectivity index (χ4v) is 2.69. The summed E-state index contributed by atoms with van der Waals surface area (Å²) >= 11 is 0. The van der Waals surface area contributed by atoms with E-state index in [9.17, 15) is 10.1 Å². The number of rotatable bonds is 6. The summed E-state index contributed by atoms with van der Waals surface area (Å²) in [5, 5.41) is 15.1. The molecule has 140 valence electrons. The first-order chi connectivity index (χ1) is 13.6. The lowest BCUT2D eigenvalue weighted by Crippen LogP contribution is -2.24. The largest absolute Gasteiger partial charge is 0.496 e. The highest BCUT2D eigenvalue weighted by atomic mass is 16.5. The number of nitriles is 1. The van der Waals surface area contributed by atoms with E-state index in [2.05, 4.69) is 26.7 Å². The van der Waals surface area contributed by atoms with Gasteiger partial charge in [0.2, 0.25) is 0 Å². The lowest BCUT2D eigenvalue weighted by molar-refractivity contribution is 0.0945. The maximum absolute atomic E-state index is 12.6. The van der Waals surface area contributed by atoms with Crippen molar-refractivity contribution in [3.05, 3.63) is 77.2 Å². The number of methoxy groups -OCH3 is 1. The van der Waals surface area contributed by atoms with Crippen LogP contribution in [0.2, 0.25) is 0 Å². The molecule has 0 aliphatic heterocycles. The molecule has 2 N–H and O–H groups in total. The number of nitrogens with zero attached hydrogens (tertiary/aromatic N) is 3. The van der Waals surface area contributed by atoms with Crippen LogP contribution in [-0.2, 0) is 6.54 Å². The van der Waals surface area contributed by atoms with E-state index in [1.54, 1.807) is 38.3 Å². The maximum Gasteiger partial charge on any atom is 0.270 e. The van der Waals surface area contributed by atoms with Crippen molar-refractivity contribution in [3.8, 4) is 11.8 Å². The molecule has 1 aromatic heterocycles. The van der Waals surface area contributed by atoms with Crippen LogP contribution in [0.1, 0.15) is 27.4 Å². The number of hydrogen-bond acceptors (Lipinski definition) is 6. The number of anilines is 2. The third-order valence-electron chi connectivity index (χ3n) is 4.01. The van der Waals surface area contributed by atoms with Gasteiger partial charge in [0.05, 0.1) is 18.4 Å². The van der Waals surface area contributed by atoms with Crippen molar-refractivity contribution in [1.29, 1.82) is 5.26 Å². The van der Waals surface area contributed by atoms with E-state index < -0.39 is 0 Å². The zero-order valence-corrected chi connectivity index (χ0v) is 15.6. The predicted molar refractivity (Wildman–Crippen MR) is 105 cm³/mol. The molecule has 0 unspecified atom stereocenters.